The molecule has 1 aromatic heterocycles. The summed E-state index contributed by atoms with van der Waals surface area (Å²) in [5.74, 6) is 0.0233. The van der Waals surface area contributed by atoms with E-state index in [4.69, 9.17) is 4.74 Å². The van der Waals surface area contributed by atoms with Gasteiger partial charge in [-0.05, 0) is 58.2 Å². The second-order valence-corrected chi connectivity index (χ2v) is 11.2. The third-order valence-corrected chi connectivity index (χ3v) is 8.19. The average Bonchev–Trinajstić information content (AvgIpc) is 3.06. The number of hydrogen-bond acceptors (Lipinski definition) is 6. The highest BCUT2D eigenvalue weighted by molar-refractivity contribution is 7.89. The molecule has 0 radical (unpaired) electrons. The molecule has 1 aromatic carbocycles. The van der Waals surface area contributed by atoms with Crippen molar-refractivity contribution in [1.29, 1.82) is 0 Å². The summed E-state index contributed by atoms with van der Waals surface area (Å²) in [6.45, 7) is 5.68. The third kappa shape index (κ3) is 5.22. The summed E-state index contributed by atoms with van der Waals surface area (Å²) in [5, 5.41) is 0. The molecule has 3 unspecified atom stereocenters. The summed E-state index contributed by atoms with van der Waals surface area (Å²) in [6.07, 6.45) is 2.57. The summed E-state index contributed by atoms with van der Waals surface area (Å²) in [7, 11) is 1.22. The lowest BCUT2D eigenvalue weighted by Gasteiger charge is -2.40. The van der Waals surface area contributed by atoms with Crippen LogP contribution < -0.4 is 0 Å². The molecule has 1 fully saturated rings. The molecule has 1 amide bonds. The van der Waals surface area contributed by atoms with E-state index in [-0.39, 0.29) is 29.3 Å². The minimum absolute atomic E-state index is 0.0722. The van der Waals surface area contributed by atoms with Crippen LogP contribution in [0.4, 0.5) is 0 Å². The molecular weight excluding hydrogens is 444 g/mol. The number of fused-ring (bicyclic) bond motifs is 1. The van der Waals surface area contributed by atoms with Crippen molar-refractivity contribution < 1.29 is 22.7 Å². The fourth-order valence-electron chi connectivity index (χ4n) is 4.41. The molecule has 0 saturated carbocycles. The number of carbonyl (C=O) groups excluding carboxylic acids is 2. The van der Waals surface area contributed by atoms with Gasteiger partial charge >= 0.3 is 5.97 Å². The molecule has 0 aliphatic carbocycles. The highest BCUT2D eigenvalue weighted by Gasteiger charge is 2.33. The van der Waals surface area contributed by atoms with E-state index in [9.17, 15) is 18.0 Å². The maximum atomic E-state index is 12.8. The lowest BCUT2D eigenvalue weighted by molar-refractivity contribution is -0.162. The number of imidazole rings is 1. The van der Waals surface area contributed by atoms with Gasteiger partial charge < -0.3 is 14.2 Å². The van der Waals surface area contributed by atoms with E-state index >= 15 is 0 Å². The summed E-state index contributed by atoms with van der Waals surface area (Å²) in [6, 6.07) is 5.08. The molecule has 33 heavy (non-hydrogen) atoms. The molecule has 2 aromatic rings. The molecule has 3 atom stereocenters. The Bertz CT molecular complexity index is 1130. The van der Waals surface area contributed by atoms with Gasteiger partial charge in [-0.25, -0.2) is 17.7 Å². The lowest BCUT2D eigenvalue weighted by Crippen LogP contribution is -2.51. The number of benzene rings is 1. The molecule has 0 bridgehead atoms. The van der Waals surface area contributed by atoms with Gasteiger partial charge in [0.15, 0.2) is 6.10 Å². The van der Waals surface area contributed by atoms with Crippen molar-refractivity contribution in [3.63, 3.8) is 0 Å². The second kappa shape index (κ2) is 9.80. The number of sulfonamides is 1. The van der Waals surface area contributed by atoms with Crippen LogP contribution in [0.3, 0.4) is 0 Å². The number of rotatable bonds is 7. The van der Waals surface area contributed by atoms with E-state index in [1.54, 1.807) is 19.1 Å². The van der Waals surface area contributed by atoms with Crippen LogP contribution in [0.25, 0.3) is 11.0 Å². The molecule has 1 aliphatic rings. The number of likely N-dealkylation sites (tertiary alicyclic amines) is 1. The van der Waals surface area contributed by atoms with E-state index in [0.29, 0.717) is 17.8 Å². The Kier molecular flexibility index (Phi) is 7.48. The molecule has 182 valence electrons. The van der Waals surface area contributed by atoms with Gasteiger partial charge in [-0.3, -0.25) is 9.59 Å². The molecule has 9 nitrogen and oxygen atoms in total. The monoisotopic (exact) mass is 478 g/mol. The smallest absolute Gasteiger partial charge is 0.307 e. The second-order valence-electron chi connectivity index (χ2n) is 9.03. The zero-order valence-corrected chi connectivity index (χ0v) is 21.1. The summed E-state index contributed by atoms with van der Waals surface area (Å²) in [4.78, 5) is 31.8. The molecule has 0 spiro atoms. The summed E-state index contributed by atoms with van der Waals surface area (Å²) < 4.78 is 33.2. The third-order valence-electron chi connectivity index (χ3n) is 6.38. The summed E-state index contributed by atoms with van der Waals surface area (Å²) >= 11 is 0. The van der Waals surface area contributed by atoms with E-state index in [1.165, 1.54) is 20.2 Å². The van der Waals surface area contributed by atoms with Gasteiger partial charge in [-0.15, -0.1) is 0 Å². The van der Waals surface area contributed by atoms with Gasteiger partial charge in [0.05, 0.1) is 22.3 Å². The quantitative estimate of drug-likeness (QED) is 0.567. The van der Waals surface area contributed by atoms with Gasteiger partial charge in [-0.1, -0.05) is 0 Å². The number of piperidine rings is 1. The number of aromatic nitrogens is 2. The Labute approximate surface area is 195 Å². The van der Waals surface area contributed by atoms with Gasteiger partial charge in [0, 0.05) is 39.6 Å². The topological polar surface area (TPSA) is 102 Å². The van der Waals surface area contributed by atoms with Crippen molar-refractivity contribution in [2.75, 3.05) is 14.1 Å². The Morgan fingerprint density at radius 1 is 1.21 bits per heavy atom. The number of esters is 1. The molecule has 2 heterocycles. The summed E-state index contributed by atoms with van der Waals surface area (Å²) in [5.41, 5.74) is 1.31. The predicted molar refractivity (Wildman–Crippen MR) is 125 cm³/mol. The first kappa shape index (κ1) is 25.2. The Morgan fingerprint density at radius 2 is 1.85 bits per heavy atom. The molecular formula is C23H34N4O5S. The Morgan fingerprint density at radius 3 is 2.45 bits per heavy atom. The fourth-order valence-corrected chi connectivity index (χ4v) is 5.33. The largest absolute Gasteiger partial charge is 0.453 e. The number of amides is 1. The van der Waals surface area contributed by atoms with Crippen molar-refractivity contribution in [1.82, 2.24) is 18.8 Å². The average molecular weight is 479 g/mol. The van der Waals surface area contributed by atoms with E-state index < -0.39 is 22.1 Å². The van der Waals surface area contributed by atoms with Crippen LogP contribution >= 0.6 is 0 Å². The van der Waals surface area contributed by atoms with Crippen molar-refractivity contribution in [2.45, 2.75) is 76.0 Å². The normalized spacial score (nSPS) is 20.3. The van der Waals surface area contributed by atoms with Crippen molar-refractivity contribution in [3.05, 3.63) is 24.0 Å². The first-order valence-corrected chi connectivity index (χ1v) is 12.8. The van der Waals surface area contributed by atoms with Gasteiger partial charge in [0.1, 0.15) is 5.82 Å². The number of carbonyl (C=O) groups is 2. The predicted octanol–water partition coefficient (Wildman–Crippen LogP) is 2.48. The van der Waals surface area contributed by atoms with Gasteiger partial charge in [0.25, 0.3) is 5.91 Å². The molecule has 10 heteroatoms. The fraction of sp³-hybridized carbons (Fsp3) is 0.609. The number of nitrogens with zero attached hydrogens (tertiary/aromatic N) is 4. The van der Waals surface area contributed by atoms with Crippen LogP contribution in [-0.4, -0.2) is 71.3 Å². The number of hydrogen-bond donors (Lipinski definition) is 0. The lowest BCUT2D eigenvalue weighted by atomic mass is 9.97. The molecule has 1 saturated heterocycles. The van der Waals surface area contributed by atoms with Crippen LogP contribution in [0.15, 0.2) is 23.1 Å². The first-order valence-electron chi connectivity index (χ1n) is 11.3. The highest BCUT2D eigenvalue weighted by Crippen LogP contribution is 2.24. The minimum Gasteiger partial charge on any atom is -0.453 e. The molecule has 1 aliphatic heterocycles. The Balaban J connectivity index is 1.65. The first-order chi connectivity index (χ1) is 15.4. The molecule has 0 N–H and O–H groups in total. The molecule has 3 rings (SSSR count). The van der Waals surface area contributed by atoms with Crippen molar-refractivity contribution in [3.8, 4) is 0 Å². The SMILES string of the molecule is CC(OC(=O)CCc1nc2cc(S(=O)(=O)N(C)C)ccc2n1C)C(=O)N1C(C)CCCC1C. The highest BCUT2D eigenvalue weighted by atomic mass is 32.2. The minimum atomic E-state index is -3.56. The van der Waals surface area contributed by atoms with Crippen molar-refractivity contribution in [2.24, 2.45) is 7.05 Å². The van der Waals surface area contributed by atoms with Crippen molar-refractivity contribution >= 4 is 32.9 Å². The van der Waals surface area contributed by atoms with E-state index in [0.717, 1.165) is 29.1 Å². The van der Waals surface area contributed by atoms with Crippen LogP contribution in [-0.2, 0) is 37.8 Å². The number of aryl methyl sites for hydroxylation is 2. The van der Waals surface area contributed by atoms with Gasteiger partial charge in [0.2, 0.25) is 10.0 Å². The maximum absolute atomic E-state index is 12.8. The van der Waals surface area contributed by atoms with E-state index in [1.807, 2.05) is 30.4 Å². The standard InChI is InChI=1S/C23H34N4O5S/c1-15-8-7-9-16(2)27(15)23(29)17(3)32-22(28)13-12-21-24-19-14-18(33(30,31)25(4)5)10-11-20(19)26(21)6/h10-11,14-17H,7-9,12-13H2,1-6H3. The van der Waals surface area contributed by atoms with Gasteiger partial charge in [-0.2, -0.15) is 0 Å². The van der Waals surface area contributed by atoms with Crippen LogP contribution in [0, 0.1) is 0 Å². The Hall–Kier alpha value is -2.46. The van der Waals surface area contributed by atoms with Crippen LogP contribution in [0.2, 0.25) is 0 Å². The zero-order chi connectivity index (χ0) is 24.5. The number of ether oxygens (including phenoxy) is 1. The zero-order valence-electron chi connectivity index (χ0n) is 20.2. The van der Waals surface area contributed by atoms with E-state index in [2.05, 4.69) is 4.98 Å². The maximum Gasteiger partial charge on any atom is 0.307 e. The van der Waals surface area contributed by atoms with Crippen LogP contribution in [0.1, 0.15) is 52.3 Å². The van der Waals surface area contributed by atoms with Crippen LogP contribution in [0.5, 0.6) is 0 Å².